The first kappa shape index (κ1) is 43.4. The number of fused-ring (bicyclic) bond motifs is 1. The summed E-state index contributed by atoms with van der Waals surface area (Å²) in [6.45, 7) is 6.12. The molecule has 0 spiro atoms. The lowest BCUT2D eigenvalue weighted by Crippen LogP contribution is -2.56. The van der Waals surface area contributed by atoms with Crippen LogP contribution in [0, 0.1) is 0 Å². The topological polar surface area (TPSA) is 136 Å². The van der Waals surface area contributed by atoms with Crippen LogP contribution in [0.3, 0.4) is 0 Å². The number of imidazole rings is 1. The molecule has 0 radical (unpaired) electrons. The molecular formula is C54H54N6O5. The standard InChI is InChI=1S/C54H54N6O5/c1-52(2,3)58-44-46(61)47(48(62)53(36-18-10-6-11-19-36,37-20-12-7-13-21-37)38-26-30-42(63-4)31-27-38)65-51(44)60-35-57-45-49(55-34-56-50(45)60)59-54(39-22-14-8-15-23-39,40-24-16-9-17-25-40)41-28-32-43(64-5)33-29-41/h6-35,44,46-48,51,58,61-62H,1-5H3,(H,55,56,59)/t44-,46+,47+,48?,51-/m1/s1. The molecule has 4 N–H and O–H groups in total. The molecule has 11 nitrogen and oxygen atoms in total. The highest BCUT2D eigenvalue weighted by Crippen LogP contribution is 2.48. The van der Waals surface area contributed by atoms with Gasteiger partial charge >= 0.3 is 0 Å². The summed E-state index contributed by atoms with van der Waals surface area (Å²) in [7, 11) is 3.29. The molecule has 5 atom stereocenters. The smallest absolute Gasteiger partial charge is 0.167 e. The van der Waals surface area contributed by atoms with Crippen molar-refractivity contribution in [1.29, 1.82) is 0 Å². The third-order valence-corrected chi connectivity index (χ3v) is 12.5. The zero-order chi connectivity index (χ0) is 45.2. The molecule has 11 heteroatoms. The number of hydrogen-bond donors (Lipinski definition) is 4. The molecule has 0 aliphatic carbocycles. The molecule has 9 rings (SSSR count). The molecule has 6 aromatic carbocycles. The molecule has 2 aromatic heterocycles. The van der Waals surface area contributed by atoms with Crippen molar-refractivity contribution in [3.63, 3.8) is 0 Å². The Morgan fingerprint density at radius 1 is 0.600 bits per heavy atom. The van der Waals surface area contributed by atoms with Crippen LogP contribution in [0.2, 0.25) is 0 Å². The number of anilines is 1. The van der Waals surface area contributed by atoms with Gasteiger partial charge in [-0.05, 0) is 78.4 Å². The minimum Gasteiger partial charge on any atom is -0.497 e. The largest absolute Gasteiger partial charge is 0.497 e. The summed E-state index contributed by atoms with van der Waals surface area (Å²) in [5.74, 6) is 1.90. The Morgan fingerprint density at radius 3 is 1.52 bits per heavy atom. The fourth-order valence-corrected chi connectivity index (χ4v) is 9.61. The van der Waals surface area contributed by atoms with E-state index < -0.39 is 47.1 Å². The Morgan fingerprint density at radius 2 is 1.05 bits per heavy atom. The molecule has 1 saturated heterocycles. The van der Waals surface area contributed by atoms with Gasteiger partial charge in [-0.25, -0.2) is 15.0 Å². The summed E-state index contributed by atoms with van der Waals surface area (Å²) in [6.07, 6.45) is -1.30. The van der Waals surface area contributed by atoms with Gasteiger partial charge in [0.15, 0.2) is 23.2 Å². The van der Waals surface area contributed by atoms with Gasteiger partial charge in [0.2, 0.25) is 0 Å². The van der Waals surface area contributed by atoms with E-state index in [0.29, 0.717) is 22.7 Å². The second-order valence-corrected chi connectivity index (χ2v) is 17.5. The third-order valence-electron chi connectivity index (χ3n) is 12.5. The van der Waals surface area contributed by atoms with E-state index >= 15 is 0 Å². The Bertz CT molecular complexity index is 2720. The van der Waals surface area contributed by atoms with E-state index in [4.69, 9.17) is 29.2 Å². The average molecular weight is 867 g/mol. The number of aliphatic hydroxyl groups excluding tert-OH is 2. The van der Waals surface area contributed by atoms with Crippen molar-refractivity contribution in [3.8, 4) is 11.5 Å². The van der Waals surface area contributed by atoms with E-state index in [1.54, 1.807) is 20.5 Å². The highest BCUT2D eigenvalue weighted by atomic mass is 16.5. The van der Waals surface area contributed by atoms with Gasteiger partial charge in [-0.3, -0.25) is 4.57 Å². The summed E-state index contributed by atoms with van der Waals surface area (Å²) >= 11 is 0. The molecule has 0 amide bonds. The maximum absolute atomic E-state index is 13.3. The Kier molecular flexibility index (Phi) is 12.0. The number of rotatable bonds is 14. The lowest BCUT2D eigenvalue weighted by Gasteiger charge is -2.43. The van der Waals surface area contributed by atoms with Crippen LogP contribution in [0.5, 0.6) is 11.5 Å². The van der Waals surface area contributed by atoms with Crippen LogP contribution < -0.4 is 20.1 Å². The predicted molar refractivity (Wildman–Crippen MR) is 253 cm³/mol. The number of nitrogens with zero attached hydrogens (tertiary/aromatic N) is 4. The van der Waals surface area contributed by atoms with E-state index in [0.717, 1.165) is 39.1 Å². The van der Waals surface area contributed by atoms with Crippen molar-refractivity contribution in [3.05, 3.63) is 216 Å². The number of aliphatic hydroxyl groups is 2. The first-order valence-corrected chi connectivity index (χ1v) is 21.8. The molecule has 1 fully saturated rings. The number of hydrogen-bond acceptors (Lipinski definition) is 10. The zero-order valence-corrected chi connectivity index (χ0v) is 37.1. The van der Waals surface area contributed by atoms with Gasteiger partial charge in [0.25, 0.3) is 0 Å². The van der Waals surface area contributed by atoms with Crippen molar-refractivity contribution in [2.45, 2.75) is 67.8 Å². The minimum absolute atomic E-state index is 0.472. The molecule has 0 bridgehead atoms. The normalized spacial score (nSPS) is 18.3. The van der Waals surface area contributed by atoms with Crippen molar-refractivity contribution in [2.24, 2.45) is 0 Å². The van der Waals surface area contributed by atoms with Crippen molar-refractivity contribution in [2.75, 3.05) is 19.5 Å². The van der Waals surface area contributed by atoms with Crippen LogP contribution >= 0.6 is 0 Å². The maximum Gasteiger partial charge on any atom is 0.167 e. The van der Waals surface area contributed by atoms with E-state index in [1.165, 1.54) is 6.33 Å². The Balaban J connectivity index is 1.18. The van der Waals surface area contributed by atoms with Gasteiger partial charge in [-0.2, -0.15) is 0 Å². The molecule has 1 unspecified atom stereocenters. The van der Waals surface area contributed by atoms with Gasteiger partial charge in [0.1, 0.15) is 41.7 Å². The van der Waals surface area contributed by atoms with Crippen molar-refractivity contribution < 1.29 is 24.4 Å². The van der Waals surface area contributed by atoms with Crippen LogP contribution in [-0.4, -0.2) is 73.8 Å². The lowest BCUT2D eigenvalue weighted by atomic mass is 9.64. The summed E-state index contributed by atoms with van der Waals surface area (Å²) in [6, 6.07) is 55.3. The molecular weight excluding hydrogens is 813 g/mol. The van der Waals surface area contributed by atoms with Crippen molar-refractivity contribution >= 4 is 17.0 Å². The predicted octanol–water partition coefficient (Wildman–Crippen LogP) is 8.66. The van der Waals surface area contributed by atoms with Crippen LogP contribution in [0.25, 0.3) is 11.2 Å². The molecule has 65 heavy (non-hydrogen) atoms. The van der Waals surface area contributed by atoms with Crippen LogP contribution in [0.4, 0.5) is 5.82 Å². The second-order valence-electron chi connectivity index (χ2n) is 17.5. The van der Waals surface area contributed by atoms with Gasteiger partial charge in [0.05, 0.1) is 32.0 Å². The second kappa shape index (κ2) is 17.9. The first-order valence-electron chi connectivity index (χ1n) is 21.8. The number of ether oxygens (including phenoxy) is 3. The van der Waals surface area contributed by atoms with Gasteiger partial charge < -0.3 is 35.1 Å². The summed E-state index contributed by atoms with van der Waals surface area (Å²) < 4.78 is 20.1. The maximum atomic E-state index is 13.3. The van der Waals surface area contributed by atoms with Crippen LogP contribution in [-0.2, 0) is 15.7 Å². The number of nitrogens with one attached hydrogen (secondary N) is 2. The molecule has 1 aliphatic heterocycles. The van der Waals surface area contributed by atoms with Crippen LogP contribution in [0.15, 0.2) is 183 Å². The number of methoxy groups -OCH3 is 2. The fourth-order valence-electron chi connectivity index (χ4n) is 9.61. The number of benzene rings is 6. The van der Waals surface area contributed by atoms with Crippen molar-refractivity contribution in [1.82, 2.24) is 24.8 Å². The monoisotopic (exact) mass is 866 g/mol. The van der Waals surface area contributed by atoms with Gasteiger partial charge in [-0.15, -0.1) is 0 Å². The Hall–Kier alpha value is -6.89. The molecule has 0 saturated carbocycles. The molecule has 330 valence electrons. The molecule has 3 heterocycles. The van der Waals surface area contributed by atoms with Crippen LogP contribution in [0.1, 0.15) is 60.4 Å². The summed E-state index contributed by atoms with van der Waals surface area (Å²) in [5.41, 5.74) is 3.74. The Labute approximate surface area is 379 Å². The van der Waals surface area contributed by atoms with Gasteiger partial charge in [0, 0.05) is 5.54 Å². The van der Waals surface area contributed by atoms with E-state index in [9.17, 15) is 10.2 Å². The van der Waals surface area contributed by atoms with E-state index in [-0.39, 0.29) is 0 Å². The van der Waals surface area contributed by atoms with Gasteiger partial charge in [-0.1, -0.05) is 146 Å². The first-order chi connectivity index (χ1) is 31.6. The summed E-state index contributed by atoms with van der Waals surface area (Å²) in [5, 5.41) is 33.5. The molecule has 8 aromatic rings. The zero-order valence-electron chi connectivity index (χ0n) is 37.1. The molecule has 1 aliphatic rings. The van der Waals surface area contributed by atoms with E-state index in [1.807, 2.05) is 159 Å². The fraction of sp³-hybridized carbons (Fsp3) is 0.241. The SMILES string of the molecule is COc1ccc(C(Nc2ncnc3c2ncn3[C@@H]2O[C@H](C(O)C(c3ccccc3)(c3ccccc3)c3ccc(OC)cc3)[C@@H](O)[C@H]2NC(C)(C)C)(c2ccccc2)c2ccccc2)cc1. The lowest BCUT2D eigenvalue weighted by molar-refractivity contribution is -0.0962. The third kappa shape index (κ3) is 7.91. The number of aromatic nitrogens is 4. The highest BCUT2D eigenvalue weighted by molar-refractivity contribution is 5.84. The van der Waals surface area contributed by atoms with E-state index in [2.05, 4.69) is 47.0 Å². The average Bonchev–Trinajstić information content (AvgIpc) is 3.92. The summed E-state index contributed by atoms with van der Waals surface area (Å²) in [4.78, 5) is 14.6. The highest BCUT2D eigenvalue weighted by Gasteiger charge is 2.56. The quantitative estimate of drug-likeness (QED) is 0.0787. The minimum atomic E-state index is -1.31.